The van der Waals surface area contributed by atoms with Crippen LogP contribution in [0.3, 0.4) is 0 Å². The zero-order chi connectivity index (χ0) is 58.4. The number of hydrogen-bond donors (Lipinski definition) is 0. The third-order valence-electron chi connectivity index (χ3n) is 21.0. The average molecular weight is 1100 g/mol. The molecule has 6 aliphatic heterocycles. The lowest BCUT2D eigenvalue weighted by atomic mass is 9.31. The fraction of sp³-hybridized carbons (Fsp3) is 0.247. The molecule has 85 heavy (non-hydrogen) atoms. The van der Waals surface area contributed by atoms with Crippen LogP contribution in [-0.4, -0.2) is 39.6 Å². The van der Waals surface area contributed by atoms with Crippen molar-refractivity contribution in [2.24, 2.45) is 10.8 Å². The molecule has 0 spiro atoms. The first-order valence-corrected chi connectivity index (χ1v) is 31.1. The maximum Gasteiger partial charge on any atom is 0.253 e. The van der Waals surface area contributed by atoms with Gasteiger partial charge < -0.3 is 9.80 Å². The number of benzene rings is 7. The van der Waals surface area contributed by atoms with E-state index >= 15 is 0 Å². The summed E-state index contributed by atoms with van der Waals surface area (Å²) >= 11 is 0. The summed E-state index contributed by atoms with van der Waals surface area (Å²) in [5.74, 6) is 2.52. The van der Waals surface area contributed by atoms with E-state index in [4.69, 9.17) is 23.1 Å². The van der Waals surface area contributed by atoms with E-state index in [2.05, 4.69) is 234 Å². The molecule has 8 aliphatic rings. The predicted molar refractivity (Wildman–Crippen MR) is 364 cm³/mol. The van der Waals surface area contributed by atoms with Crippen molar-refractivity contribution in [3.05, 3.63) is 227 Å². The zero-order valence-corrected chi connectivity index (χ0v) is 51.1. The first-order valence-electron chi connectivity index (χ1n) is 31.1. The number of nitrogens with zero attached hydrogens (tertiary/aromatic N) is 6. The maximum absolute atomic E-state index is 5.51. The van der Waals surface area contributed by atoms with E-state index in [1.165, 1.54) is 156 Å². The van der Waals surface area contributed by atoms with Gasteiger partial charge in [0.1, 0.15) is 11.6 Å². The van der Waals surface area contributed by atoms with Gasteiger partial charge in [-0.15, -0.1) is 0 Å². The van der Waals surface area contributed by atoms with Crippen molar-refractivity contribution >= 4 is 101 Å². The molecule has 416 valence electrons. The van der Waals surface area contributed by atoms with Crippen molar-refractivity contribution in [2.75, 3.05) is 16.8 Å². The molecule has 0 bridgehead atoms. The molecule has 1 unspecified atom stereocenters. The van der Waals surface area contributed by atoms with E-state index in [0.717, 1.165) is 60.4 Å². The summed E-state index contributed by atoms with van der Waals surface area (Å²) in [5, 5.41) is 5.21. The molecular weight excluding hydrogens is 1030 g/mol. The quantitative estimate of drug-likeness (QED) is 0.0978. The first kappa shape index (κ1) is 52.0. The van der Waals surface area contributed by atoms with E-state index in [9.17, 15) is 0 Å². The zero-order valence-electron chi connectivity index (χ0n) is 51.1. The Bertz CT molecular complexity index is 4820. The van der Waals surface area contributed by atoms with Crippen molar-refractivity contribution in [3.8, 4) is 22.5 Å². The van der Waals surface area contributed by atoms with Gasteiger partial charge >= 0.3 is 0 Å². The van der Waals surface area contributed by atoms with Gasteiger partial charge in [-0.2, -0.15) is 0 Å². The average Bonchev–Trinajstić information content (AvgIpc) is 1.63. The lowest BCUT2D eigenvalue weighted by molar-refractivity contribution is 0.297. The Kier molecular flexibility index (Phi) is 11.1. The summed E-state index contributed by atoms with van der Waals surface area (Å²) in [6, 6.07) is 40.8. The number of hydrogen-bond acceptors (Lipinski definition) is 4. The monoisotopic (exact) mass is 1100 g/mol. The van der Waals surface area contributed by atoms with Gasteiger partial charge in [0.15, 0.2) is 0 Å². The molecule has 9 aromatic rings. The molecule has 0 radical (unpaired) electrons. The van der Waals surface area contributed by atoms with Gasteiger partial charge in [0.05, 0.1) is 22.1 Å². The standard InChI is InChI=1S/C43H48BN3.C34H24BN3/c1-10-12-17-27(5)46-32-20-16-21-33-38(32)44-36(39(46)26(3)4)29(11-2)34-35(43(8,9)25-24-42(34,6)7)30-22-23-31-40(37(30)44)47(33)41(45-31)28-18-14-13-15-19-28;1-18-29-23-12-7-5-10-21(23)22-11-6-8-13-24(22)30(29)25-16-17-26-34-32(25)35-31(18)19(2)37(4)27-14-9-15-28(33(27)35)38(34)20(3)36-26/h10-12,14,16,18,20-23,28H,2,5,13,15,17,19,24-25H2,1,3-4,6-9H3;5-17H,2H2,1,3-4H3/b12-10-;. The molecule has 0 amide bonds. The summed E-state index contributed by atoms with van der Waals surface area (Å²) in [4.78, 5) is 15.4. The second kappa shape index (κ2) is 18.2. The van der Waals surface area contributed by atoms with Crippen LogP contribution in [0.1, 0.15) is 123 Å². The van der Waals surface area contributed by atoms with Crippen LogP contribution in [0.25, 0.3) is 77.3 Å². The molecule has 6 nitrogen and oxygen atoms in total. The van der Waals surface area contributed by atoms with Crippen LogP contribution in [0.2, 0.25) is 0 Å². The van der Waals surface area contributed by atoms with E-state index in [0.29, 0.717) is 5.92 Å². The second-order valence-corrected chi connectivity index (χ2v) is 26.8. The molecule has 2 aliphatic carbocycles. The minimum Gasteiger partial charge on any atom is -0.346 e. The minimum atomic E-state index is -0.00577. The Morgan fingerprint density at radius 2 is 1.26 bits per heavy atom. The highest BCUT2D eigenvalue weighted by Crippen LogP contribution is 2.59. The third kappa shape index (κ3) is 6.80. The van der Waals surface area contributed by atoms with Crippen LogP contribution < -0.4 is 31.7 Å². The number of likely N-dealkylation sites (N-methyl/N-ethyl adjacent to an activating group) is 1. The molecule has 2 aromatic heterocycles. The second-order valence-electron chi connectivity index (χ2n) is 26.8. The summed E-state index contributed by atoms with van der Waals surface area (Å²) in [6.07, 6.45) is 17.9. The van der Waals surface area contributed by atoms with Gasteiger partial charge in [-0.25, -0.2) is 9.97 Å². The van der Waals surface area contributed by atoms with Crippen LogP contribution in [0.15, 0.2) is 204 Å². The van der Waals surface area contributed by atoms with Gasteiger partial charge in [-0.3, -0.25) is 9.13 Å². The Morgan fingerprint density at radius 1 is 0.671 bits per heavy atom. The largest absolute Gasteiger partial charge is 0.346 e. The Labute approximate surface area is 501 Å². The van der Waals surface area contributed by atoms with Gasteiger partial charge in [0.2, 0.25) is 0 Å². The fourth-order valence-corrected chi connectivity index (χ4v) is 17.4. The highest BCUT2D eigenvalue weighted by atomic mass is 15.2. The van der Waals surface area contributed by atoms with E-state index < -0.39 is 0 Å². The number of aromatic nitrogens is 4. The van der Waals surface area contributed by atoms with Gasteiger partial charge in [-0.1, -0.05) is 156 Å². The van der Waals surface area contributed by atoms with E-state index in [1.807, 2.05) is 0 Å². The molecular formula is C77H72B2N6. The normalized spacial score (nSPS) is 18.8. The van der Waals surface area contributed by atoms with Crippen molar-refractivity contribution < 1.29 is 0 Å². The predicted octanol–water partition coefficient (Wildman–Crippen LogP) is 16.5. The number of rotatable bonds is 5. The molecule has 8 heteroatoms. The van der Waals surface area contributed by atoms with Gasteiger partial charge in [-0.05, 0) is 213 Å². The van der Waals surface area contributed by atoms with Crippen molar-refractivity contribution in [1.29, 1.82) is 0 Å². The molecule has 7 aromatic carbocycles. The smallest absolute Gasteiger partial charge is 0.253 e. The molecule has 17 rings (SSSR count). The number of anilines is 2. The molecule has 0 fully saturated rings. The SMILES string of the molecule is C=C1C2=C(C)c3c(c4ccccc4c4ccccc34)-c3ccc4nc(C)n5c4c3B2c2c(cccc2-5)N1C.C=CC1=C2B3c4c(cccc4-n4c(C5C=CCCC5)nc5ccc(c3c54)C3=C1C(C)(C)CCC3(C)C)N(C(=C)C/C=C\C)C2=C(C)C. The van der Waals surface area contributed by atoms with Gasteiger partial charge in [0.25, 0.3) is 13.4 Å². The molecule has 8 heterocycles. The van der Waals surface area contributed by atoms with Crippen LogP contribution in [-0.2, 0) is 0 Å². The highest BCUT2D eigenvalue weighted by Gasteiger charge is 2.53. The van der Waals surface area contributed by atoms with Crippen LogP contribution in [0.5, 0.6) is 0 Å². The summed E-state index contributed by atoms with van der Waals surface area (Å²) in [5.41, 5.74) is 33.7. The molecule has 0 N–H and O–H groups in total. The summed E-state index contributed by atoms with van der Waals surface area (Å²) in [7, 11) is 2.16. The molecule has 1 atom stereocenters. The Balaban J connectivity index is 0.000000141. The molecule has 0 saturated carbocycles. The van der Waals surface area contributed by atoms with Gasteiger partial charge in [0, 0.05) is 59.2 Å². The Morgan fingerprint density at radius 3 is 1.93 bits per heavy atom. The highest BCUT2D eigenvalue weighted by molar-refractivity contribution is 6.98. The lowest BCUT2D eigenvalue weighted by Gasteiger charge is -2.45. The van der Waals surface area contributed by atoms with E-state index in [-0.39, 0.29) is 24.3 Å². The lowest BCUT2D eigenvalue weighted by Crippen LogP contribution is -2.57. The minimum absolute atomic E-state index is 0.00577. The van der Waals surface area contributed by atoms with Crippen molar-refractivity contribution in [1.82, 2.24) is 19.1 Å². The van der Waals surface area contributed by atoms with Crippen LogP contribution in [0, 0.1) is 17.8 Å². The number of aryl methyl sites for hydroxylation is 1. The third-order valence-corrected chi connectivity index (χ3v) is 21.0. The Hall–Kier alpha value is -8.61. The number of fused-ring (bicyclic) bond motifs is 10. The maximum atomic E-state index is 5.51. The summed E-state index contributed by atoms with van der Waals surface area (Å²) in [6.45, 7) is 35.2. The van der Waals surface area contributed by atoms with Crippen molar-refractivity contribution in [2.45, 2.75) is 107 Å². The number of imidazole rings is 2. The first-order chi connectivity index (χ1) is 41.1. The van der Waals surface area contributed by atoms with Crippen molar-refractivity contribution in [3.63, 3.8) is 0 Å². The van der Waals surface area contributed by atoms with Crippen LogP contribution >= 0.6 is 0 Å². The fourth-order valence-electron chi connectivity index (χ4n) is 17.4. The van der Waals surface area contributed by atoms with Crippen LogP contribution in [0.4, 0.5) is 11.4 Å². The topological polar surface area (TPSA) is 42.1 Å². The number of allylic oxidation sites excluding steroid dienone is 12. The molecule has 0 saturated heterocycles. The summed E-state index contributed by atoms with van der Waals surface area (Å²) < 4.78 is 4.97. The van der Waals surface area contributed by atoms with E-state index in [1.54, 1.807) is 0 Å².